The fourth-order valence-electron chi connectivity index (χ4n) is 2.80. The van der Waals surface area contributed by atoms with Gasteiger partial charge in [0.15, 0.2) is 0 Å². The third-order valence-electron chi connectivity index (χ3n) is 4.96. The smallest absolute Gasteiger partial charge is 0.326 e. The molecule has 0 rings (SSSR count). The van der Waals surface area contributed by atoms with E-state index < -0.39 is 59.9 Å². The predicted octanol–water partition coefficient (Wildman–Crippen LogP) is -2.72. The monoisotopic (exact) mass is 474 g/mol. The maximum atomic E-state index is 12.8. The molecule has 0 radical (unpaired) electrons. The molecule has 13 nitrogen and oxygen atoms in total. The van der Waals surface area contributed by atoms with Gasteiger partial charge in [0, 0.05) is 6.42 Å². The molecule has 0 heterocycles. The Kier molecular flexibility index (Phi) is 13.9. The lowest BCUT2D eigenvalue weighted by Crippen LogP contribution is -2.60. The summed E-state index contributed by atoms with van der Waals surface area (Å²) in [7, 11) is 0. The van der Waals surface area contributed by atoms with Crippen molar-refractivity contribution >= 4 is 29.6 Å². The Morgan fingerprint density at radius 1 is 0.848 bits per heavy atom. The van der Waals surface area contributed by atoms with Gasteiger partial charge in [0.05, 0.1) is 12.1 Å². The Morgan fingerprint density at radius 3 is 1.88 bits per heavy atom. The van der Waals surface area contributed by atoms with E-state index in [0.29, 0.717) is 19.4 Å². The number of amides is 4. The van der Waals surface area contributed by atoms with Crippen LogP contribution in [-0.4, -0.2) is 76.6 Å². The molecule has 0 aliphatic carbocycles. The fraction of sp³-hybridized carbons (Fsp3) is 0.750. The molecule has 33 heavy (non-hydrogen) atoms. The Balaban J connectivity index is 5.43. The van der Waals surface area contributed by atoms with Gasteiger partial charge in [0.2, 0.25) is 23.6 Å². The van der Waals surface area contributed by atoms with E-state index in [1.54, 1.807) is 13.8 Å². The van der Waals surface area contributed by atoms with Crippen LogP contribution in [-0.2, 0) is 24.0 Å². The van der Waals surface area contributed by atoms with E-state index in [1.807, 2.05) is 0 Å². The normalized spacial score (nSPS) is 15.6. The predicted molar refractivity (Wildman–Crippen MR) is 119 cm³/mol. The number of carbonyl (C=O) groups excluding carboxylic acids is 4. The Hall–Kier alpha value is -2.77. The zero-order chi connectivity index (χ0) is 25.7. The minimum Gasteiger partial charge on any atom is -0.480 e. The molecule has 0 aromatic rings. The van der Waals surface area contributed by atoms with Crippen LogP contribution in [0.1, 0.15) is 52.9 Å². The minimum atomic E-state index is -1.51. The van der Waals surface area contributed by atoms with E-state index in [2.05, 4.69) is 16.0 Å². The first-order chi connectivity index (χ1) is 15.3. The van der Waals surface area contributed by atoms with Crippen molar-refractivity contribution in [3.63, 3.8) is 0 Å². The standard InChI is InChI=1S/C20H38N6O7/c1-10(2)15(23)18(30)24-12(7-8-14(22)28)17(29)26-16(11(3)27)19(31)25-13(20(32)33)6-4-5-9-21/h10-13,15-16,27H,4-9,21,23H2,1-3H3,(H2,22,28)(H,24,30)(H,25,31)(H,26,29)(H,32,33). The highest BCUT2D eigenvalue weighted by molar-refractivity contribution is 5.94. The number of carboxylic acid groups (broad SMARTS) is 1. The Morgan fingerprint density at radius 2 is 1.42 bits per heavy atom. The van der Waals surface area contributed by atoms with Gasteiger partial charge in [-0.05, 0) is 45.1 Å². The van der Waals surface area contributed by atoms with E-state index in [0.717, 1.165) is 0 Å². The van der Waals surface area contributed by atoms with Crippen LogP contribution in [0.15, 0.2) is 0 Å². The molecule has 0 saturated carbocycles. The first-order valence-electron chi connectivity index (χ1n) is 10.9. The molecular weight excluding hydrogens is 436 g/mol. The summed E-state index contributed by atoms with van der Waals surface area (Å²) in [5.41, 5.74) is 16.3. The highest BCUT2D eigenvalue weighted by Gasteiger charge is 2.33. The molecule has 5 unspecified atom stereocenters. The molecule has 5 atom stereocenters. The highest BCUT2D eigenvalue weighted by Crippen LogP contribution is 2.06. The van der Waals surface area contributed by atoms with Gasteiger partial charge in [-0.15, -0.1) is 0 Å². The second-order valence-electron chi connectivity index (χ2n) is 8.25. The van der Waals surface area contributed by atoms with Crippen molar-refractivity contribution in [2.45, 2.75) is 83.1 Å². The van der Waals surface area contributed by atoms with Crippen LogP contribution in [0.2, 0.25) is 0 Å². The van der Waals surface area contributed by atoms with Crippen molar-refractivity contribution in [2.75, 3.05) is 6.54 Å². The molecule has 0 aromatic carbocycles. The molecule has 0 spiro atoms. The SMILES string of the molecule is CC(C)C(N)C(=O)NC(CCC(N)=O)C(=O)NC(C(=O)NC(CCCCN)C(=O)O)C(C)O. The minimum absolute atomic E-state index is 0.114. The topological polar surface area (TPSA) is 240 Å². The molecular formula is C20H38N6O7. The molecule has 190 valence electrons. The molecule has 0 fully saturated rings. The molecule has 0 aromatic heterocycles. The van der Waals surface area contributed by atoms with Crippen molar-refractivity contribution in [1.29, 1.82) is 0 Å². The van der Waals surface area contributed by atoms with Gasteiger partial charge in [0.25, 0.3) is 0 Å². The van der Waals surface area contributed by atoms with Gasteiger partial charge in [0.1, 0.15) is 18.1 Å². The quantitative estimate of drug-likeness (QED) is 0.108. The lowest BCUT2D eigenvalue weighted by atomic mass is 10.0. The summed E-state index contributed by atoms with van der Waals surface area (Å²) in [6.45, 7) is 5.03. The Bertz CT molecular complexity index is 686. The van der Waals surface area contributed by atoms with Crippen LogP contribution in [0.25, 0.3) is 0 Å². The lowest BCUT2D eigenvalue weighted by Gasteiger charge is -2.27. The number of aliphatic hydroxyl groups is 1. The van der Waals surface area contributed by atoms with E-state index in [1.165, 1.54) is 6.92 Å². The summed E-state index contributed by atoms with van der Waals surface area (Å²) < 4.78 is 0. The number of aliphatic hydroxyl groups excluding tert-OH is 1. The number of nitrogens with two attached hydrogens (primary N) is 3. The number of carboxylic acids is 1. The number of carbonyl (C=O) groups is 5. The van der Waals surface area contributed by atoms with Crippen LogP contribution in [0.5, 0.6) is 0 Å². The number of primary amides is 1. The maximum Gasteiger partial charge on any atom is 0.326 e. The number of hydrogen-bond acceptors (Lipinski definition) is 8. The van der Waals surface area contributed by atoms with Crippen molar-refractivity contribution in [3.8, 4) is 0 Å². The van der Waals surface area contributed by atoms with Crippen LogP contribution >= 0.6 is 0 Å². The van der Waals surface area contributed by atoms with Crippen molar-refractivity contribution in [2.24, 2.45) is 23.1 Å². The second kappa shape index (κ2) is 15.1. The average molecular weight is 475 g/mol. The number of nitrogens with one attached hydrogen (secondary N) is 3. The molecule has 0 aliphatic rings. The summed E-state index contributed by atoms with van der Waals surface area (Å²) in [6, 6.07) is -4.93. The molecule has 0 aliphatic heterocycles. The molecule has 11 N–H and O–H groups in total. The third-order valence-corrected chi connectivity index (χ3v) is 4.96. The zero-order valence-corrected chi connectivity index (χ0v) is 19.4. The first-order valence-corrected chi connectivity index (χ1v) is 10.9. The summed E-state index contributed by atoms with van der Waals surface area (Å²) in [5.74, 6) is -4.63. The largest absolute Gasteiger partial charge is 0.480 e. The second-order valence-corrected chi connectivity index (χ2v) is 8.25. The van der Waals surface area contributed by atoms with E-state index in [4.69, 9.17) is 17.2 Å². The van der Waals surface area contributed by atoms with E-state index in [9.17, 15) is 34.2 Å². The number of rotatable bonds is 16. The molecule has 0 saturated heterocycles. The van der Waals surface area contributed by atoms with Crippen molar-refractivity contribution in [3.05, 3.63) is 0 Å². The fourth-order valence-corrected chi connectivity index (χ4v) is 2.80. The first kappa shape index (κ1) is 30.2. The van der Waals surface area contributed by atoms with Gasteiger partial charge in [-0.2, -0.15) is 0 Å². The molecule has 4 amide bonds. The number of aliphatic carboxylic acids is 1. The van der Waals surface area contributed by atoms with Gasteiger partial charge >= 0.3 is 5.97 Å². The Labute approximate surface area is 193 Å². The zero-order valence-electron chi connectivity index (χ0n) is 19.4. The summed E-state index contributed by atoms with van der Waals surface area (Å²) >= 11 is 0. The van der Waals surface area contributed by atoms with Crippen LogP contribution in [0.3, 0.4) is 0 Å². The van der Waals surface area contributed by atoms with Gasteiger partial charge in [-0.25, -0.2) is 4.79 Å². The highest BCUT2D eigenvalue weighted by atomic mass is 16.4. The van der Waals surface area contributed by atoms with Crippen LogP contribution < -0.4 is 33.2 Å². The van der Waals surface area contributed by atoms with Gasteiger partial charge < -0.3 is 43.4 Å². The van der Waals surface area contributed by atoms with Crippen LogP contribution in [0, 0.1) is 5.92 Å². The molecule has 13 heteroatoms. The maximum absolute atomic E-state index is 12.8. The van der Waals surface area contributed by atoms with Crippen molar-refractivity contribution < 1.29 is 34.2 Å². The number of unbranched alkanes of at least 4 members (excludes halogenated alkanes) is 1. The summed E-state index contributed by atoms with van der Waals surface area (Å²) in [4.78, 5) is 60.3. The van der Waals surface area contributed by atoms with Gasteiger partial charge in [-0.1, -0.05) is 13.8 Å². The van der Waals surface area contributed by atoms with E-state index >= 15 is 0 Å². The third kappa shape index (κ3) is 11.6. The average Bonchev–Trinajstić information content (AvgIpc) is 2.72. The van der Waals surface area contributed by atoms with Crippen molar-refractivity contribution in [1.82, 2.24) is 16.0 Å². The van der Waals surface area contributed by atoms with Gasteiger partial charge in [-0.3, -0.25) is 19.2 Å². The summed E-state index contributed by atoms with van der Waals surface area (Å²) in [5, 5.41) is 26.4. The summed E-state index contributed by atoms with van der Waals surface area (Å²) in [6.07, 6.45) is -0.653. The molecule has 0 bridgehead atoms. The van der Waals surface area contributed by atoms with E-state index in [-0.39, 0.29) is 25.2 Å². The van der Waals surface area contributed by atoms with Crippen LogP contribution in [0.4, 0.5) is 0 Å². The number of hydrogen-bond donors (Lipinski definition) is 8. The lowest BCUT2D eigenvalue weighted by molar-refractivity contribution is -0.143.